The number of aliphatic carboxylic acids is 1. The standard InChI is InChI=1S/C28H31N3O5S2/c1-18-12-19(13-30-8-10-38(34,35)11-9-30)6-7-20(18)16-36-25-5-3-2-4-21(25)24-17-37-28(29-24)31-14-22-23(15-31)26(22)27(32)33/h2-7,12,17,22-23,26H,8-11,13-16H2,1H3,(H,32,33). The van der Waals surface area contributed by atoms with E-state index in [1.807, 2.05) is 29.6 Å². The zero-order chi connectivity index (χ0) is 26.4. The maximum atomic E-state index is 11.7. The van der Waals surface area contributed by atoms with Crippen LogP contribution in [0.25, 0.3) is 11.3 Å². The summed E-state index contributed by atoms with van der Waals surface area (Å²) in [4.78, 5) is 20.6. The number of benzene rings is 2. The molecular weight excluding hydrogens is 522 g/mol. The third kappa shape index (κ3) is 5.17. The Morgan fingerprint density at radius 2 is 1.87 bits per heavy atom. The van der Waals surface area contributed by atoms with Crippen molar-refractivity contribution >= 4 is 32.3 Å². The van der Waals surface area contributed by atoms with Crippen LogP contribution < -0.4 is 9.64 Å². The van der Waals surface area contributed by atoms with E-state index in [2.05, 4.69) is 34.9 Å². The van der Waals surface area contributed by atoms with Crippen molar-refractivity contribution in [1.29, 1.82) is 0 Å². The highest BCUT2D eigenvalue weighted by molar-refractivity contribution is 7.91. The molecular formula is C28H31N3O5S2. The number of aromatic nitrogens is 1. The fraction of sp³-hybridized carbons (Fsp3) is 0.429. The Labute approximate surface area is 226 Å². The van der Waals surface area contributed by atoms with Gasteiger partial charge in [-0.15, -0.1) is 11.3 Å². The van der Waals surface area contributed by atoms with E-state index in [1.54, 1.807) is 11.3 Å². The minimum absolute atomic E-state index is 0.180. The van der Waals surface area contributed by atoms with Gasteiger partial charge in [-0.3, -0.25) is 9.69 Å². The van der Waals surface area contributed by atoms with Crippen molar-refractivity contribution in [1.82, 2.24) is 9.88 Å². The maximum Gasteiger partial charge on any atom is 0.307 e. The van der Waals surface area contributed by atoms with Crippen molar-refractivity contribution in [2.75, 3.05) is 42.6 Å². The lowest BCUT2D eigenvalue weighted by Crippen LogP contribution is -2.39. The molecule has 200 valence electrons. The van der Waals surface area contributed by atoms with Gasteiger partial charge in [0.05, 0.1) is 23.1 Å². The third-order valence-corrected chi connectivity index (χ3v) is 10.5. The van der Waals surface area contributed by atoms with Crippen LogP contribution in [0, 0.1) is 24.7 Å². The Morgan fingerprint density at radius 3 is 2.58 bits per heavy atom. The second-order valence-corrected chi connectivity index (χ2v) is 13.7. The van der Waals surface area contributed by atoms with Gasteiger partial charge in [-0.25, -0.2) is 13.4 Å². The van der Waals surface area contributed by atoms with Gasteiger partial charge in [-0.2, -0.15) is 0 Å². The first kappa shape index (κ1) is 25.3. The van der Waals surface area contributed by atoms with Crippen molar-refractivity contribution in [3.8, 4) is 17.0 Å². The number of aryl methyl sites for hydroxylation is 1. The Kier molecular flexibility index (Phi) is 6.65. The molecule has 0 spiro atoms. The van der Waals surface area contributed by atoms with Crippen LogP contribution in [0.3, 0.4) is 0 Å². The van der Waals surface area contributed by atoms with Crippen LogP contribution in [0.5, 0.6) is 5.75 Å². The summed E-state index contributed by atoms with van der Waals surface area (Å²) in [6, 6.07) is 14.3. The van der Waals surface area contributed by atoms with Gasteiger partial charge in [0, 0.05) is 43.7 Å². The summed E-state index contributed by atoms with van der Waals surface area (Å²) in [5, 5.41) is 12.3. The van der Waals surface area contributed by atoms with Gasteiger partial charge in [-0.05, 0) is 47.6 Å². The van der Waals surface area contributed by atoms with E-state index in [9.17, 15) is 18.3 Å². The molecule has 2 aliphatic heterocycles. The van der Waals surface area contributed by atoms with E-state index < -0.39 is 15.8 Å². The van der Waals surface area contributed by atoms with Gasteiger partial charge in [0.15, 0.2) is 15.0 Å². The maximum absolute atomic E-state index is 11.7. The molecule has 3 aromatic rings. The summed E-state index contributed by atoms with van der Waals surface area (Å²) < 4.78 is 29.7. The summed E-state index contributed by atoms with van der Waals surface area (Å²) in [5.74, 6) is 0.903. The van der Waals surface area contributed by atoms with Gasteiger partial charge < -0.3 is 14.7 Å². The van der Waals surface area contributed by atoms with E-state index >= 15 is 0 Å². The highest BCUT2D eigenvalue weighted by Gasteiger charge is 2.60. The molecule has 3 aliphatic rings. The largest absolute Gasteiger partial charge is 0.488 e. The third-order valence-electron chi connectivity index (χ3n) is 8.04. The first-order valence-electron chi connectivity index (χ1n) is 12.9. The predicted molar refractivity (Wildman–Crippen MR) is 147 cm³/mol. The van der Waals surface area contributed by atoms with Crippen LogP contribution in [0.15, 0.2) is 47.8 Å². The van der Waals surface area contributed by atoms with Gasteiger partial charge in [0.2, 0.25) is 0 Å². The Hall–Kier alpha value is -2.95. The Balaban J connectivity index is 1.09. The number of carboxylic acids is 1. The SMILES string of the molecule is Cc1cc(CN2CCS(=O)(=O)CC2)ccc1COc1ccccc1-c1csc(N2CC3C(C2)C3C(=O)O)n1. The lowest BCUT2D eigenvalue weighted by Gasteiger charge is -2.26. The average molecular weight is 554 g/mol. The number of fused-ring (bicyclic) bond motifs is 1. The Bertz CT molecular complexity index is 1440. The highest BCUT2D eigenvalue weighted by atomic mass is 32.2. The average Bonchev–Trinajstić information content (AvgIpc) is 3.21. The van der Waals surface area contributed by atoms with Gasteiger partial charge in [-0.1, -0.05) is 30.3 Å². The van der Waals surface area contributed by atoms with Crippen molar-refractivity contribution in [2.45, 2.75) is 20.1 Å². The molecule has 3 fully saturated rings. The van der Waals surface area contributed by atoms with E-state index in [-0.39, 0.29) is 29.3 Å². The number of thiazole rings is 1. The van der Waals surface area contributed by atoms with Crippen molar-refractivity contribution in [3.05, 3.63) is 64.5 Å². The van der Waals surface area contributed by atoms with Crippen LogP contribution in [0.2, 0.25) is 0 Å². The number of hydrogen-bond acceptors (Lipinski definition) is 8. The first-order valence-corrected chi connectivity index (χ1v) is 15.6. The zero-order valence-corrected chi connectivity index (χ0v) is 22.9. The van der Waals surface area contributed by atoms with Crippen molar-refractivity contribution in [2.24, 2.45) is 17.8 Å². The zero-order valence-electron chi connectivity index (χ0n) is 21.2. The summed E-state index contributed by atoms with van der Waals surface area (Å²) in [6.45, 7) is 5.97. The summed E-state index contributed by atoms with van der Waals surface area (Å²) in [6.07, 6.45) is 0. The number of hydrogen-bond donors (Lipinski definition) is 1. The molecule has 2 saturated heterocycles. The number of piperidine rings is 1. The van der Waals surface area contributed by atoms with Crippen LogP contribution in [0.4, 0.5) is 5.13 Å². The van der Waals surface area contributed by atoms with Crippen LogP contribution in [0.1, 0.15) is 16.7 Å². The summed E-state index contributed by atoms with van der Waals surface area (Å²) >= 11 is 1.59. The van der Waals surface area contributed by atoms with Gasteiger partial charge in [0.1, 0.15) is 12.4 Å². The van der Waals surface area contributed by atoms with Crippen molar-refractivity contribution in [3.63, 3.8) is 0 Å². The second kappa shape index (κ2) is 9.98. The number of para-hydroxylation sites is 1. The van der Waals surface area contributed by atoms with Gasteiger partial charge in [0.25, 0.3) is 0 Å². The smallest absolute Gasteiger partial charge is 0.307 e. The molecule has 1 saturated carbocycles. The topological polar surface area (TPSA) is 100 Å². The molecule has 6 rings (SSSR count). The van der Waals surface area contributed by atoms with Gasteiger partial charge >= 0.3 is 5.97 Å². The monoisotopic (exact) mass is 553 g/mol. The lowest BCUT2D eigenvalue weighted by molar-refractivity contribution is -0.139. The molecule has 0 bridgehead atoms. The van der Waals surface area contributed by atoms with E-state index in [0.717, 1.165) is 52.9 Å². The number of ether oxygens (including phenoxy) is 1. The fourth-order valence-electron chi connectivity index (χ4n) is 5.73. The fourth-order valence-corrected chi connectivity index (χ4v) is 7.85. The molecule has 10 heteroatoms. The number of anilines is 1. The molecule has 0 radical (unpaired) electrons. The molecule has 8 nitrogen and oxygen atoms in total. The van der Waals surface area contributed by atoms with E-state index in [4.69, 9.17) is 9.72 Å². The summed E-state index contributed by atoms with van der Waals surface area (Å²) in [5.41, 5.74) is 5.24. The minimum Gasteiger partial charge on any atom is -0.488 e. The van der Waals surface area contributed by atoms with Crippen LogP contribution in [-0.4, -0.2) is 67.1 Å². The molecule has 1 aromatic heterocycles. The molecule has 0 amide bonds. The molecule has 38 heavy (non-hydrogen) atoms. The second-order valence-electron chi connectivity index (χ2n) is 10.6. The highest BCUT2D eigenvalue weighted by Crippen LogP contribution is 2.53. The van der Waals surface area contributed by atoms with E-state index in [1.165, 1.54) is 5.56 Å². The number of carboxylic acid groups (broad SMARTS) is 1. The normalized spacial score (nSPS) is 24.2. The molecule has 2 unspecified atom stereocenters. The summed E-state index contributed by atoms with van der Waals surface area (Å²) in [7, 11) is -2.87. The lowest BCUT2D eigenvalue weighted by atomic mass is 10.1. The van der Waals surface area contributed by atoms with Crippen LogP contribution in [-0.2, 0) is 27.8 Å². The quantitative estimate of drug-likeness (QED) is 0.451. The molecule has 1 N–H and O–H groups in total. The van der Waals surface area contributed by atoms with E-state index in [0.29, 0.717) is 19.7 Å². The number of nitrogens with zero attached hydrogens (tertiary/aromatic N) is 3. The number of sulfone groups is 1. The molecule has 2 atom stereocenters. The first-order chi connectivity index (χ1) is 18.3. The number of carbonyl (C=O) groups is 1. The minimum atomic E-state index is -2.87. The molecule has 1 aliphatic carbocycles. The molecule has 3 heterocycles. The Morgan fingerprint density at radius 1 is 1.13 bits per heavy atom. The number of rotatable bonds is 8. The molecule has 2 aromatic carbocycles. The van der Waals surface area contributed by atoms with Crippen LogP contribution >= 0.6 is 11.3 Å². The van der Waals surface area contributed by atoms with Crippen molar-refractivity contribution < 1.29 is 23.1 Å². The predicted octanol–water partition coefficient (Wildman–Crippen LogP) is 3.69.